The van der Waals surface area contributed by atoms with Gasteiger partial charge in [0.15, 0.2) is 0 Å². The molecule has 0 atom stereocenters. The van der Waals surface area contributed by atoms with E-state index in [4.69, 9.17) is 28.4 Å². The summed E-state index contributed by atoms with van der Waals surface area (Å²) in [4.78, 5) is 3.67. The minimum absolute atomic E-state index is 0.295. The lowest BCUT2D eigenvalue weighted by Gasteiger charge is -1.99. The molecule has 0 aliphatic carbocycles. The van der Waals surface area contributed by atoms with Crippen LogP contribution in [0.3, 0.4) is 0 Å². The molecule has 0 saturated heterocycles. The van der Waals surface area contributed by atoms with Crippen LogP contribution in [0.5, 0.6) is 0 Å². The van der Waals surface area contributed by atoms with Gasteiger partial charge in [-0.15, -0.1) is 0 Å². The number of nitrogens with zero attached hydrogens (tertiary/aromatic N) is 1. The number of hydrogen-bond acceptors (Lipinski definition) is 3. The first-order chi connectivity index (χ1) is 4.74. The van der Waals surface area contributed by atoms with E-state index in [0.717, 1.165) is 0 Å². The van der Waals surface area contributed by atoms with Crippen LogP contribution in [0, 0.1) is 0 Å². The number of hydrogen-bond donors (Lipinski definition) is 2. The summed E-state index contributed by atoms with van der Waals surface area (Å²) in [5.74, 6) is 0. The Hall–Kier alpha value is -0.510. The molecule has 1 aromatic heterocycles. The molecule has 10 heavy (non-hydrogen) atoms. The highest BCUT2D eigenvalue weighted by Crippen LogP contribution is 2.21. The van der Waals surface area contributed by atoms with Crippen LogP contribution in [0.25, 0.3) is 0 Å². The van der Waals surface area contributed by atoms with Gasteiger partial charge in [-0.1, -0.05) is 23.2 Å². The monoisotopic (exact) mass is 178 g/mol. The highest BCUT2D eigenvalue weighted by atomic mass is 35.5. The third-order valence-corrected chi connectivity index (χ3v) is 1.46. The van der Waals surface area contributed by atoms with Gasteiger partial charge in [0.25, 0.3) is 0 Å². The van der Waals surface area contributed by atoms with E-state index < -0.39 is 0 Å². The highest BCUT2D eigenvalue weighted by Gasteiger charge is 1.98. The molecule has 1 rings (SSSR count). The summed E-state index contributed by atoms with van der Waals surface area (Å²) in [5, 5.41) is 9.02. The van der Waals surface area contributed by atoms with E-state index in [9.17, 15) is 0 Å². The molecular weight excluding hydrogens is 175 g/mol. The fraction of sp³-hybridized carbons (Fsp3) is 0. The van der Waals surface area contributed by atoms with Crippen LogP contribution in [0.2, 0.25) is 10.2 Å². The van der Waals surface area contributed by atoms with Crippen molar-refractivity contribution in [1.29, 1.82) is 0 Å². The van der Waals surface area contributed by atoms with Crippen molar-refractivity contribution in [3.8, 4) is 0 Å². The number of anilines is 1. The molecule has 0 saturated carbocycles. The minimum atomic E-state index is 0.295. The second-order valence-corrected chi connectivity index (χ2v) is 2.39. The van der Waals surface area contributed by atoms with Crippen molar-refractivity contribution in [2.75, 3.05) is 5.48 Å². The molecule has 1 aromatic rings. The third kappa shape index (κ3) is 1.50. The fourth-order valence-corrected chi connectivity index (χ4v) is 0.898. The largest absolute Gasteiger partial charge is 0.291 e. The van der Waals surface area contributed by atoms with Gasteiger partial charge in [-0.2, -0.15) is 0 Å². The number of halogens is 2. The van der Waals surface area contributed by atoms with Crippen molar-refractivity contribution < 1.29 is 5.21 Å². The van der Waals surface area contributed by atoms with Gasteiger partial charge in [-0.3, -0.25) is 10.7 Å². The van der Waals surface area contributed by atoms with Crippen LogP contribution < -0.4 is 5.48 Å². The second-order valence-electron chi connectivity index (χ2n) is 1.60. The van der Waals surface area contributed by atoms with E-state index in [-0.39, 0.29) is 0 Å². The van der Waals surface area contributed by atoms with Gasteiger partial charge >= 0.3 is 0 Å². The SMILES string of the molecule is ONc1cnc(Cl)cc1Cl. The summed E-state index contributed by atoms with van der Waals surface area (Å²) in [6.45, 7) is 0. The zero-order valence-electron chi connectivity index (χ0n) is 4.81. The Morgan fingerprint density at radius 2 is 2.20 bits per heavy atom. The first-order valence-corrected chi connectivity index (χ1v) is 3.21. The normalized spacial score (nSPS) is 9.50. The van der Waals surface area contributed by atoms with Gasteiger partial charge in [-0.25, -0.2) is 4.98 Å². The van der Waals surface area contributed by atoms with Gasteiger partial charge in [0, 0.05) is 0 Å². The second kappa shape index (κ2) is 3.05. The fourth-order valence-electron chi connectivity index (χ4n) is 0.490. The molecule has 2 N–H and O–H groups in total. The average molecular weight is 179 g/mol. The number of rotatable bonds is 1. The lowest BCUT2D eigenvalue weighted by Crippen LogP contribution is -1.90. The zero-order valence-corrected chi connectivity index (χ0v) is 6.32. The number of nitrogens with one attached hydrogen (secondary N) is 1. The summed E-state index contributed by atoms with van der Waals surface area (Å²) >= 11 is 11.1. The van der Waals surface area contributed by atoms with Gasteiger partial charge < -0.3 is 0 Å². The lowest BCUT2D eigenvalue weighted by molar-refractivity contribution is 0.388. The molecule has 0 aliphatic rings. The maximum Gasteiger partial charge on any atom is 0.130 e. The third-order valence-electron chi connectivity index (χ3n) is 0.941. The summed E-state index contributed by atoms with van der Waals surface area (Å²) in [7, 11) is 0. The van der Waals surface area contributed by atoms with Crippen LogP contribution in [0.1, 0.15) is 0 Å². The highest BCUT2D eigenvalue weighted by molar-refractivity contribution is 6.35. The zero-order chi connectivity index (χ0) is 7.56. The smallest absolute Gasteiger partial charge is 0.130 e. The van der Waals surface area contributed by atoms with E-state index in [1.165, 1.54) is 12.3 Å². The Kier molecular flexibility index (Phi) is 2.32. The summed E-state index contributed by atoms with van der Waals surface area (Å²) in [6, 6.07) is 1.43. The maximum atomic E-state index is 8.39. The first-order valence-electron chi connectivity index (χ1n) is 2.45. The van der Waals surface area contributed by atoms with Crippen molar-refractivity contribution in [3.63, 3.8) is 0 Å². The maximum absolute atomic E-state index is 8.39. The molecule has 0 bridgehead atoms. The van der Waals surface area contributed by atoms with Crippen LogP contribution >= 0.6 is 23.2 Å². The van der Waals surface area contributed by atoms with Crippen molar-refractivity contribution in [2.45, 2.75) is 0 Å². The van der Waals surface area contributed by atoms with Crippen LogP contribution in [0.4, 0.5) is 5.69 Å². The standard InChI is InChI=1S/C5H4Cl2N2O/c6-3-1-5(7)8-2-4(3)9-10/h1-2,9-10H. The van der Waals surface area contributed by atoms with Gasteiger partial charge in [0.2, 0.25) is 0 Å². The summed E-state index contributed by atoms with van der Waals surface area (Å²) in [6.07, 6.45) is 1.34. The lowest BCUT2D eigenvalue weighted by atomic mass is 10.4. The molecule has 5 heteroatoms. The molecule has 54 valence electrons. The molecule has 0 unspecified atom stereocenters. The van der Waals surface area contributed by atoms with Crippen LogP contribution in [-0.4, -0.2) is 10.2 Å². The Balaban J connectivity index is 3.07. The molecule has 3 nitrogen and oxygen atoms in total. The Morgan fingerprint density at radius 1 is 1.50 bits per heavy atom. The minimum Gasteiger partial charge on any atom is -0.291 e. The summed E-state index contributed by atoms with van der Waals surface area (Å²) in [5.41, 5.74) is 2.21. The van der Waals surface area contributed by atoms with Crippen molar-refractivity contribution in [3.05, 3.63) is 22.4 Å². The van der Waals surface area contributed by atoms with Crippen molar-refractivity contribution in [1.82, 2.24) is 4.98 Å². The van der Waals surface area contributed by atoms with Crippen molar-refractivity contribution in [2.24, 2.45) is 0 Å². The van der Waals surface area contributed by atoms with Gasteiger partial charge in [0.1, 0.15) is 5.15 Å². The van der Waals surface area contributed by atoms with Crippen molar-refractivity contribution >= 4 is 28.9 Å². The Bertz CT molecular complexity index is 241. The van der Waals surface area contributed by atoms with E-state index >= 15 is 0 Å². The molecule has 0 amide bonds. The predicted octanol–water partition coefficient (Wildman–Crippen LogP) is 2.19. The van der Waals surface area contributed by atoms with E-state index in [2.05, 4.69) is 4.98 Å². The summed E-state index contributed by atoms with van der Waals surface area (Å²) < 4.78 is 0. The predicted molar refractivity (Wildman–Crippen MR) is 39.7 cm³/mol. The number of aromatic nitrogens is 1. The van der Waals surface area contributed by atoms with Gasteiger partial charge in [0.05, 0.1) is 16.9 Å². The molecule has 0 aliphatic heterocycles. The van der Waals surface area contributed by atoms with E-state index in [0.29, 0.717) is 15.9 Å². The number of pyridine rings is 1. The van der Waals surface area contributed by atoms with E-state index in [1.54, 1.807) is 0 Å². The average Bonchev–Trinajstić information content (AvgIpc) is 1.88. The topological polar surface area (TPSA) is 45.1 Å². The van der Waals surface area contributed by atoms with Crippen LogP contribution in [-0.2, 0) is 0 Å². The Morgan fingerprint density at radius 3 is 2.70 bits per heavy atom. The first kappa shape index (κ1) is 7.60. The van der Waals surface area contributed by atoms with Crippen LogP contribution in [0.15, 0.2) is 12.3 Å². The quantitative estimate of drug-likeness (QED) is 0.512. The van der Waals surface area contributed by atoms with Gasteiger partial charge in [-0.05, 0) is 6.07 Å². The molecule has 0 fully saturated rings. The molecule has 0 aromatic carbocycles. The van der Waals surface area contributed by atoms with E-state index in [1.807, 2.05) is 5.48 Å². The molecule has 0 spiro atoms. The molecule has 0 radical (unpaired) electrons. The molecule has 1 heterocycles. The molecular formula is C5H4Cl2N2O. The Labute approximate surface area is 67.6 Å².